The molecular formula is C24H34N2O2. The van der Waals surface area contributed by atoms with Crippen molar-refractivity contribution in [3.05, 3.63) is 59.7 Å². The highest BCUT2D eigenvalue weighted by atomic mass is 16.5. The molecule has 2 rings (SSSR count). The highest BCUT2D eigenvalue weighted by Gasteiger charge is 2.05. The van der Waals surface area contributed by atoms with E-state index in [9.17, 15) is 0 Å². The van der Waals surface area contributed by atoms with Crippen molar-refractivity contribution in [1.82, 2.24) is 5.43 Å². The minimum Gasteiger partial charge on any atom is -0.493 e. The van der Waals surface area contributed by atoms with E-state index in [0.29, 0.717) is 6.54 Å². The highest BCUT2D eigenvalue weighted by molar-refractivity contribution is 5.80. The van der Waals surface area contributed by atoms with Crippen LogP contribution in [-0.4, -0.2) is 19.9 Å². The largest absolute Gasteiger partial charge is 0.493 e. The summed E-state index contributed by atoms with van der Waals surface area (Å²) in [4.78, 5) is 0. The first-order chi connectivity index (χ1) is 13.8. The lowest BCUT2D eigenvalue weighted by Gasteiger charge is -2.11. The van der Waals surface area contributed by atoms with Crippen LogP contribution in [0.4, 0.5) is 0 Å². The van der Waals surface area contributed by atoms with Gasteiger partial charge in [0.15, 0.2) is 11.5 Å². The van der Waals surface area contributed by atoms with Crippen LogP contribution in [-0.2, 0) is 6.54 Å². The van der Waals surface area contributed by atoms with E-state index >= 15 is 0 Å². The maximum atomic E-state index is 5.91. The second-order valence-corrected chi connectivity index (χ2v) is 6.96. The fourth-order valence-corrected chi connectivity index (χ4v) is 2.98. The third kappa shape index (κ3) is 8.47. The van der Waals surface area contributed by atoms with Gasteiger partial charge in [-0.25, -0.2) is 0 Å². The Morgan fingerprint density at radius 1 is 0.893 bits per heavy atom. The number of nitrogens with zero attached hydrogens (tertiary/aromatic N) is 1. The second-order valence-electron chi connectivity index (χ2n) is 6.96. The average Bonchev–Trinajstić information content (AvgIpc) is 2.74. The zero-order valence-electron chi connectivity index (χ0n) is 17.3. The number of unbranched alkanes of at least 4 members (excludes halogenated alkanes) is 6. The predicted octanol–water partition coefficient (Wildman–Crippen LogP) is 5.95. The number of benzene rings is 2. The van der Waals surface area contributed by atoms with Crippen LogP contribution >= 0.6 is 0 Å². The van der Waals surface area contributed by atoms with Crippen LogP contribution in [0.1, 0.15) is 63.0 Å². The maximum Gasteiger partial charge on any atom is 0.161 e. The number of rotatable bonds is 14. The van der Waals surface area contributed by atoms with Crippen LogP contribution in [0.3, 0.4) is 0 Å². The van der Waals surface area contributed by atoms with Gasteiger partial charge in [0.1, 0.15) is 0 Å². The average molecular weight is 383 g/mol. The van der Waals surface area contributed by atoms with Gasteiger partial charge in [-0.15, -0.1) is 0 Å². The maximum absolute atomic E-state index is 5.91. The molecular weight excluding hydrogens is 348 g/mol. The van der Waals surface area contributed by atoms with Crippen molar-refractivity contribution in [2.24, 2.45) is 5.10 Å². The third-order valence-electron chi connectivity index (χ3n) is 4.62. The number of methoxy groups -OCH3 is 1. The molecule has 0 atom stereocenters. The number of hydrogen-bond donors (Lipinski definition) is 1. The van der Waals surface area contributed by atoms with Crippen LogP contribution in [0.5, 0.6) is 11.5 Å². The van der Waals surface area contributed by atoms with Gasteiger partial charge in [-0.3, -0.25) is 0 Å². The van der Waals surface area contributed by atoms with E-state index in [0.717, 1.165) is 30.1 Å². The molecule has 0 saturated carbocycles. The Labute approximate surface area is 170 Å². The van der Waals surface area contributed by atoms with Crippen molar-refractivity contribution in [2.75, 3.05) is 13.7 Å². The monoisotopic (exact) mass is 382 g/mol. The Kier molecular flexibility index (Phi) is 10.6. The van der Waals surface area contributed by atoms with Crippen molar-refractivity contribution in [1.29, 1.82) is 0 Å². The summed E-state index contributed by atoms with van der Waals surface area (Å²) >= 11 is 0. The summed E-state index contributed by atoms with van der Waals surface area (Å²) in [7, 11) is 1.67. The van der Waals surface area contributed by atoms with Crippen molar-refractivity contribution < 1.29 is 9.47 Å². The van der Waals surface area contributed by atoms with Gasteiger partial charge in [0.25, 0.3) is 0 Å². The molecule has 0 bridgehead atoms. The lowest BCUT2D eigenvalue weighted by molar-refractivity contribution is 0.284. The van der Waals surface area contributed by atoms with E-state index in [4.69, 9.17) is 9.47 Å². The zero-order valence-corrected chi connectivity index (χ0v) is 17.3. The van der Waals surface area contributed by atoms with Crippen molar-refractivity contribution in [2.45, 2.75) is 58.4 Å². The molecule has 0 aliphatic heterocycles. The van der Waals surface area contributed by atoms with Gasteiger partial charge in [-0.1, -0.05) is 75.8 Å². The summed E-state index contributed by atoms with van der Waals surface area (Å²) in [5, 5.41) is 4.29. The normalized spacial score (nSPS) is 10.9. The Bertz CT molecular complexity index is 686. The summed E-state index contributed by atoms with van der Waals surface area (Å²) < 4.78 is 11.4. The molecule has 0 fully saturated rings. The molecule has 4 nitrogen and oxygen atoms in total. The molecule has 0 aliphatic rings. The lowest BCUT2D eigenvalue weighted by Crippen LogP contribution is -2.05. The minimum atomic E-state index is 0.702. The lowest BCUT2D eigenvalue weighted by atomic mass is 10.1. The third-order valence-corrected chi connectivity index (χ3v) is 4.62. The Balaban J connectivity index is 1.72. The topological polar surface area (TPSA) is 42.8 Å². The van der Waals surface area contributed by atoms with Crippen molar-refractivity contribution in [3.8, 4) is 11.5 Å². The van der Waals surface area contributed by atoms with Gasteiger partial charge in [0.2, 0.25) is 0 Å². The van der Waals surface area contributed by atoms with Crippen LogP contribution in [0.2, 0.25) is 0 Å². The smallest absolute Gasteiger partial charge is 0.161 e. The SMILES string of the molecule is CCCCCCCCCOc1ccc(C=NNCc2ccccc2)cc1OC. The first kappa shape index (κ1) is 21.8. The molecule has 2 aromatic rings. The summed E-state index contributed by atoms with van der Waals surface area (Å²) in [5.41, 5.74) is 5.24. The molecule has 0 unspecified atom stereocenters. The van der Waals surface area contributed by atoms with E-state index in [2.05, 4.69) is 29.6 Å². The van der Waals surface area contributed by atoms with Gasteiger partial charge in [-0.05, 0) is 35.7 Å². The molecule has 152 valence electrons. The molecule has 28 heavy (non-hydrogen) atoms. The number of nitrogens with one attached hydrogen (secondary N) is 1. The summed E-state index contributed by atoms with van der Waals surface area (Å²) in [6.45, 7) is 3.68. The molecule has 1 N–H and O–H groups in total. The summed E-state index contributed by atoms with van der Waals surface area (Å²) in [6.07, 6.45) is 10.7. The van der Waals surface area contributed by atoms with E-state index in [-0.39, 0.29) is 0 Å². The molecule has 0 saturated heterocycles. The van der Waals surface area contributed by atoms with Gasteiger partial charge >= 0.3 is 0 Å². The summed E-state index contributed by atoms with van der Waals surface area (Å²) in [6, 6.07) is 16.1. The Hall–Kier alpha value is -2.49. The van der Waals surface area contributed by atoms with Crippen LogP contribution in [0.25, 0.3) is 0 Å². The quantitative estimate of drug-likeness (QED) is 0.249. The zero-order chi connectivity index (χ0) is 19.9. The van der Waals surface area contributed by atoms with Crippen LogP contribution < -0.4 is 14.9 Å². The van der Waals surface area contributed by atoms with Gasteiger partial charge in [0, 0.05) is 0 Å². The molecule has 0 heterocycles. The van der Waals surface area contributed by atoms with E-state index in [1.165, 1.54) is 44.1 Å². The van der Waals surface area contributed by atoms with Crippen LogP contribution in [0, 0.1) is 0 Å². The molecule has 0 spiro atoms. The fourth-order valence-electron chi connectivity index (χ4n) is 2.98. The molecule has 0 aromatic heterocycles. The van der Waals surface area contributed by atoms with Crippen LogP contribution in [0.15, 0.2) is 53.6 Å². The number of ether oxygens (including phenoxy) is 2. The molecule has 2 aromatic carbocycles. The highest BCUT2D eigenvalue weighted by Crippen LogP contribution is 2.27. The number of hydrogen-bond acceptors (Lipinski definition) is 4. The molecule has 0 aliphatic carbocycles. The van der Waals surface area contributed by atoms with Crippen molar-refractivity contribution in [3.63, 3.8) is 0 Å². The first-order valence-electron chi connectivity index (χ1n) is 10.4. The Morgan fingerprint density at radius 3 is 2.39 bits per heavy atom. The van der Waals surface area contributed by atoms with E-state index in [1.54, 1.807) is 13.3 Å². The first-order valence-corrected chi connectivity index (χ1v) is 10.4. The van der Waals surface area contributed by atoms with Gasteiger partial charge < -0.3 is 14.9 Å². The summed E-state index contributed by atoms with van der Waals surface area (Å²) in [5.74, 6) is 1.54. The molecule has 0 amide bonds. The molecule has 0 radical (unpaired) electrons. The molecule has 4 heteroatoms. The standard InChI is InChI=1S/C24H34N2O2/c1-3-4-5-6-7-8-12-17-28-23-16-15-22(18-24(23)27-2)20-26-25-19-21-13-10-9-11-14-21/h9-11,13-16,18,20,25H,3-8,12,17,19H2,1-2H3. The fraction of sp³-hybridized carbons (Fsp3) is 0.458. The van der Waals surface area contributed by atoms with Gasteiger partial charge in [-0.2, -0.15) is 5.10 Å². The predicted molar refractivity (Wildman–Crippen MR) is 117 cm³/mol. The number of hydrazone groups is 1. The van der Waals surface area contributed by atoms with E-state index < -0.39 is 0 Å². The van der Waals surface area contributed by atoms with E-state index in [1.807, 2.05) is 36.4 Å². The second kappa shape index (κ2) is 13.6. The van der Waals surface area contributed by atoms with Crippen molar-refractivity contribution >= 4 is 6.21 Å². The Morgan fingerprint density at radius 2 is 1.64 bits per heavy atom. The minimum absolute atomic E-state index is 0.702. The van der Waals surface area contributed by atoms with Gasteiger partial charge in [0.05, 0.1) is 26.5 Å².